The van der Waals surface area contributed by atoms with Gasteiger partial charge >= 0.3 is 5.97 Å². The molecule has 2 N–H and O–H groups in total. The Labute approximate surface area is 98.2 Å². The minimum Gasteiger partial charge on any atom is -0.507 e. The van der Waals surface area contributed by atoms with E-state index in [9.17, 15) is 9.90 Å². The molecular weight excluding hydrogens is 218 g/mol. The van der Waals surface area contributed by atoms with Crippen LogP contribution in [0.3, 0.4) is 0 Å². The molecule has 2 rings (SSSR count). The van der Waals surface area contributed by atoms with Crippen LogP contribution in [0.25, 0.3) is 11.1 Å². The summed E-state index contributed by atoms with van der Waals surface area (Å²) in [5.74, 6) is -0.925. The predicted molar refractivity (Wildman–Crippen MR) is 63.0 cm³/mol. The van der Waals surface area contributed by atoms with Crippen LogP contribution in [0.5, 0.6) is 5.75 Å². The normalized spacial score (nSPS) is 10.2. The molecule has 0 aliphatic carbocycles. The monoisotopic (exact) mass is 229 g/mol. The van der Waals surface area contributed by atoms with Crippen molar-refractivity contribution >= 4 is 5.97 Å². The molecule has 4 nitrogen and oxygen atoms in total. The highest BCUT2D eigenvalue weighted by atomic mass is 16.4. The molecule has 0 aliphatic rings. The van der Waals surface area contributed by atoms with Gasteiger partial charge in [-0.15, -0.1) is 0 Å². The molecule has 0 spiro atoms. The van der Waals surface area contributed by atoms with E-state index in [4.69, 9.17) is 5.11 Å². The van der Waals surface area contributed by atoms with Gasteiger partial charge in [0.1, 0.15) is 5.75 Å². The molecule has 0 saturated carbocycles. The van der Waals surface area contributed by atoms with E-state index in [2.05, 4.69) is 4.98 Å². The van der Waals surface area contributed by atoms with E-state index < -0.39 is 5.97 Å². The first-order valence-corrected chi connectivity index (χ1v) is 5.06. The van der Waals surface area contributed by atoms with Gasteiger partial charge in [-0.3, -0.25) is 4.98 Å². The number of carboxylic acid groups (broad SMARTS) is 1. The topological polar surface area (TPSA) is 70.4 Å². The second-order valence-corrected chi connectivity index (χ2v) is 3.79. The predicted octanol–water partition coefficient (Wildman–Crippen LogP) is 2.46. The lowest BCUT2D eigenvalue weighted by Gasteiger charge is -2.06. The van der Waals surface area contributed by atoms with Gasteiger partial charge in [-0.2, -0.15) is 0 Å². The molecule has 0 fully saturated rings. The van der Waals surface area contributed by atoms with Gasteiger partial charge in [0, 0.05) is 23.5 Å². The van der Waals surface area contributed by atoms with E-state index in [1.807, 2.05) is 6.92 Å². The van der Waals surface area contributed by atoms with Crippen LogP contribution in [-0.4, -0.2) is 21.2 Å². The average Bonchev–Trinajstić information content (AvgIpc) is 2.32. The lowest BCUT2D eigenvalue weighted by molar-refractivity contribution is 0.0696. The number of hydrogen-bond donors (Lipinski definition) is 2. The number of aryl methyl sites for hydroxylation is 1. The Kier molecular flexibility index (Phi) is 2.78. The van der Waals surface area contributed by atoms with Gasteiger partial charge in [-0.1, -0.05) is 11.6 Å². The number of benzene rings is 1. The average molecular weight is 229 g/mol. The summed E-state index contributed by atoms with van der Waals surface area (Å²) >= 11 is 0. The van der Waals surface area contributed by atoms with Crippen molar-refractivity contribution in [2.24, 2.45) is 0 Å². The molecule has 0 amide bonds. The number of carbonyl (C=O) groups is 1. The van der Waals surface area contributed by atoms with Crippen molar-refractivity contribution in [1.82, 2.24) is 4.98 Å². The molecule has 0 radical (unpaired) electrons. The van der Waals surface area contributed by atoms with Gasteiger partial charge in [-0.25, -0.2) is 4.79 Å². The Balaban J connectivity index is 2.56. The van der Waals surface area contributed by atoms with Gasteiger partial charge in [-0.05, 0) is 25.1 Å². The number of carboxylic acids is 1. The Hall–Kier alpha value is -2.36. The fourth-order valence-electron chi connectivity index (χ4n) is 1.59. The summed E-state index contributed by atoms with van der Waals surface area (Å²) in [5.41, 5.74) is 2.26. The molecule has 0 bridgehead atoms. The fraction of sp³-hybridized carbons (Fsp3) is 0.0769. The highest BCUT2D eigenvalue weighted by molar-refractivity contribution is 5.89. The summed E-state index contributed by atoms with van der Waals surface area (Å²) in [5, 5.41) is 18.6. The zero-order chi connectivity index (χ0) is 12.4. The zero-order valence-electron chi connectivity index (χ0n) is 9.21. The summed E-state index contributed by atoms with van der Waals surface area (Å²) in [6.45, 7) is 1.90. The summed E-state index contributed by atoms with van der Waals surface area (Å²) < 4.78 is 0. The number of nitrogens with zero attached hydrogens (tertiary/aromatic N) is 1. The third-order valence-corrected chi connectivity index (χ3v) is 2.45. The Morgan fingerprint density at radius 1 is 1.24 bits per heavy atom. The van der Waals surface area contributed by atoms with E-state index >= 15 is 0 Å². The minimum atomic E-state index is -1.04. The molecule has 1 aromatic carbocycles. The van der Waals surface area contributed by atoms with Crippen LogP contribution in [0.4, 0.5) is 0 Å². The van der Waals surface area contributed by atoms with Crippen LogP contribution in [0.2, 0.25) is 0 Å². The van der Waals surface area contributed by atoms with E-state index in [1.165, 1.54) is 18.5 Å². The molecule has 0 unspecified atom stereocenters. The third-order valence-electron chi connectivity index (χ3n) is 2.45. The largest absolute Gasteiger partial charge is 0.507 e. The van der Waals surface area contributed by atoms with Gasteiger partial charge in [0.15, 0.2) is 0 Å². The summed E-state index contributed by atoms with van der Waals surface area (Å²) in [6, 6.07) is 6.65. The SMILES string of the molecule is Cc1ccc(O)c(-c2cncc(C(=O)O)c2)c1. The first-order chi connectivity index (χ1) is 8.08. The molecule has 4 heteroatoms. The van der Waals surface area contributed by atoms with Crippen LogP contribution < -0.4 is 0 Å². The number of aromatic nitrogens is 1. The standard InChI is InChI=1S/C13H11NO3/c1-8-2-3-12(15)11(4-8)9-5-10(13(16)17)7-14-6-9/h2-7,15H,1H3,(H,16,17). The Morgan fingerprint density at radius 3 is 2.71 bits per heavy atom. The van der Waals surface area contributed by atoms with Gasteiger partial charge in [0.05, 0.1) is 5.56 Å². The highest BCUT2D eigenvalue weighted by Gasteiger charge is 2.08. The number of phenols is 1. The molecule has 1 aromatic heterocycles. The summed E-state index contributed by atoms with van der Waals surface area (Å²) in [7, 11) is 0. The Morgan fingerprint density at radius 2 is 2.00 bits per heavy atom. The number of hydrogen-bond acceptors (Lipinski definition) is 3. The quantitative estimate of drug-likeness (QED) is 0.829. The minimum absolute atomic E-state index is 0.100. The maximum absolute atomic E-state index is 10.8. The first kappa shape index (κ1) is 11.1. The van der Waals surface area contributed by atoms with E-state index in [1.54, 1.807) is 18.2 Å². The number of rotatable bonds is 2. The maximum atomic E-state index is 10.8. The second-order valence-electron chi connectivity index (χ2n) is 3.79. The maximum Gasteiger partial charge on any atom is 0.337 e. The zero-order valence-corrected chi connectivity index (χ0v) is 9.21. The smallest absolute Gasteiger partial charge is 0.337 e. The molecule has 86 valence electrons. The third kappa shape index (κ3) is 2.25. The van der Waals surface area contributed by atoms with Crippen molar-refractivity contribution in [2.45, 2.75) is 6.92 Å². The van der Waals surface area contributed by atoms with Crippen LogP contribution >= 0.6 is 0 Å². The first-order valence-electron chi connectivity index (χ1n) is 5.06. The lowest BCUT2D eigenvalue weighted by atomic mass is 10.0. The van der Waals surface area contributed by atoms with Gasteiger partial charge in [0.25, 0.3) is 0 Å². The molecule has 0 aliphatic heterocycles. The van der Waals surface area contributed by atoms with Crippen LogP contribution in [0, 0.1) is 6.92 Å². The van der Waals surface area contributed by atoms with E-state index in [0.29, 0.717) is 11.1 Å². The summed E-state index contributed by atoms with van der Waals surface area (Å²) in [6.07, 6.45) is 2.81. The molecule has 1 heterocycles. The van der Waals surface area contributed by atoms with E-state index in [0.717, 1.165) is 5.56 Å². The van der Waals surface area contributed by atoms with Gasteiger partial charge in [0.2, 0.25) is 0 Å². The molecular formula is C13H11NO3. The van der Waals surface area contributed by atoms with Crippen molar-refractivity contribution in [3.8, 4) is 16.9 Å². The van der Waals surface area contributed by atoms with Crippen LogP contribution in [-0.2, 0) is 0 Å². The molecule has 0 atom stereocenters. The lowest BCUT2D eigenvalue weighted by Crippen LogP contribution is -1.97. The number of aromatic carboxylic acids is 1. The molecule has 17 heavy (non-hydrogen) atoms. The van der Waals surface area contributed by atoms with Gasteiger partial charge < -0.3 is 10.2 Å². The van der Waals surface area contributed by atoms with Crippen molar-refractivity contribution < 1.29 is 15.0 Å². The van der Waals surface area contributed by atoms with Crippen molar-refractivity contribution in [3.63, 3.8) is 0 Å². The number of pyridine rings is 1. The van der Waals surface area contributed by atoms with Crippen LogP contribution in [0.1, 0.15) is 15.9 Å². The second kappa shape index (κ2) is 4.25. The van der Waals surface area contributed by atoms with Crippen molar-refractivity contribution in [3.05, 3.63) is 47.8 Å². The van der Waals surface area contributed by atoms with Crippen molar-refractivity contribution in [2.75, 3.05) is 0 Å². The number of phenolic OH excluding ortho intramolecular Hbond substituents is 1. The van der Waals surface area contributed by atoms with Crippen LogP contribution in [0.15, 0.2) is 36.7 Å². The molecule has 0 saturated heterocycles. The van der Waals surface area contributed by atoms with E-state index in [-0.39, 0.29) is 11.3 Å². The highest BCUT2D eigenvalue weighted by Crippen LogP contribution is 2.29. The van der Waals surface area contributed by atoms with Crippen molar-refractivity contribution in [1.29, 1.82) is 0 Å². The summed E-state index contributed by atoms with van der Waals surface area (Å²) in [4.78, 5) is 14.7. The Bertz CT molecular complexity index is 579. The molecule has 2 aromatic rings. The fourth-order valence-corrected chi connectivity index (χ4v) is 1.59. The number of aromatic hydroxyl groups is 1.